The van der Waals surface area contributed by atoms with Crippen molar-refractivity contribution < 1.29 is 0 Å². The van der Waals surface area contributed by atoms with Crippen LogP contribution in [0.3, 0.4) is 0 Å². The molecule has 0 aromatic heterocycles. The molecule has 2 atom stereocenters. The zero-order chi connectivity index (χ0) is 9.56. The molecule has 2 N–H and O–H groups in total. The van der Waals surface area contributed by atoms with Crippen molar-refractivity contribution >= 4 is 0 Å². The van der Waals surface area contributed by atoms with Crippen LogP contribution in [0, 0.1) is 11.8 Å². The Labute approximate surface area is 77.7 Å². The second-order valence-corrected chi connectivity index (χ2v) is 4.21. The van der Waals surface area contributed by atoms with Crippen LogP contribution in [0.4, 0.5) is 0 Å². The summed E-state index contributed by atoms with van der Waals surface area (Å²) in [7, 11) is 0. The summed E-state index contributed by atoms with van der Waals surface area (Å²) in [5.74, 6) is 1.57. The smallest absolute Gasteiger partial charge is 0.00644 e. The quantitative estimate of drug-likeness (QED) is 0.652. The van der Waals surface area contributed by atoms with Crippen LogP contribution in [0.25, 0.3) is 0 Å². The highest BCUT2D eigenvalue weighted by atomic mass is 14.6. The Balaban J connectivity index is 3.67. The Bertz CT molecular complexity index is 99.2. The number of hydrogen-bond acceptors (Lipinski definition) is 1. The van der Waals surface area contributed by atoms with E-state index in [9.17, 15) is 0 Å². The number of rotatable bonds is 6. The molecule has 1 heteroatoms. The zero-order valence-corrected chi connectivity index (χ0v) is 9.14. The molecule has 2 unspecified atom stereocenters. The molecular formula is C11H25N. The van der Waals surface area contributed by atoms with Gasteiger partial charge in [0.25, 0.3) is 0 Å². The summed E-state index contributed by atoms with van der Waals surface area (Å²) >= 11 is 0. The summed E-state index contributed by atoms with van der Waals surface area (Å²) < 4.78 is 0. The highest BCUT2D eigenvalue weighted by Crippen LogP contribution is 2.19. The molecule has 0 bridgehead atoms. The molecule has 0 amide bonds. The Morgan fingerprint density at radius 1 is 1.00 bits per heavy atom. The average Bonchev–Trinajstić information content (AvgIpc) is 2.04. The molecule has 0 aromatic carbocycles. The lowest BCUT2D eigenvalue weighted by molar-refractivity contribution is 0.344. The van der Waals surface area contributed by atoms with Gasteiger partial charge >= 0.3 is 0 Å². The van der Waals surface area contributed by atoms with E-state index in [1.54, 1.807) is 0 Å². The molecule has 74 valence electrons. The highest BCUT2D eigenvalue weighted by Gasteiger charge is 2.13. The van der Waals surface area contributed by atoms with E-state index in [2.05, 4.69) is 27.7 Å². The molecular weight excluding hydrogens is 146 g/mol. The molecule has 0 spiro atoms. The van der Waals surface area contributed by atoms with Crippen molar-refractivity contribution in [2.24, 2.45) is 17.6 Å². The second-order valence-electron chi connectivity index (χ2n) is 4.21. The average molecular weight is 171 g/mol. The number of nitrogens with two attached hydrogens (primary N) is 1. The Morgan fingerprint density at radius 2 is 1.58 bits per heavy atom. The van der Waals surface area contributed by atoms with E-state index in [0.717, 1.165) is 18.3 Å². The molecule has 12 heavy (non-hydrogen) atoms. The molecule has 0 fully saturated rings. The fourth-order valence-corrected chi connectivity index (χ4v) is 1.60. The van der Waals surface area contributed by atoms with Gasteiger partial charge in [0, 0.05) is 6.04 Å². The Morgan fingerprint density at radius 3 is 1.92 bits per heavy atom. The summed E-state index contributed by atoms with van der Waals surface area (Å²) in [6.07, 6.45) is 4.99. The first kappa shape index (κ1) is 12.0. The van der Waals surface area contributed by atoms with Gasteiger partial charge in [0.15, 0.2) is 0 Å². The van der Waals surface area contributed by atoms with Crippen LogP contribution < -0.4 is 5.73 Å². The van der Waals surface area contributed by atoms with Gasteiger partial charge in [-0.25, -0.2) is 0 Å². The predicted octanol–water partition coefficient (Wildman–Crippen LogP) is 3.19. The molecule has 0 aliphatic heterocycles. The summed E-state index contributed by atoms with van der Waals surface area (Å²) in [6, 6.07) is 0.425. The molecule has 0 saturated carbocycles. The summed E-state index contributed by atoms with van der Waals surface area (Å²) in [5, 5.41) is 0. The first-order valence-electron chi connectivity index (χ1n) is 5.37. The summed E-state index contributed by atoms with van der Waals surface area (Å²) in [6.45, 7) is 9.00. The maximum atomic E-state index is 6.01. The minimum Gasteiger partial charge on any atom is -0.327 e. The van der Waals surface area contributed by atoms with Gasteiger partial charge in [0.2, 0.25) is 0 Å². The lowest BCUT2D eigenvalue weighted by Crippen LogP contribution is -2.29. The van der Waals surface area contributed by atoms with Crippen LogP contribution in [-0.2, 0) is 0 Å². The molecule has 0 aliphatic carbocycles. The molecule has 1 nitrogen and oxygen atoms in total. The summed E-state index contributed by atoms with van der Waals surface area (Å²) in [4.78, 5) is 0. The Kier molecular flexibility index (Phi) is 6.45. The third kappa shape index (κ3) is 4.76. The third-order valence-corrected chi connectivity index (χ3v) is 2.72. The number of hydrogen-bond donors (Lipinski definition) is 1. The van der Waals surface area contributed by atoms with Crippen molar-refractivity contribution in [2.45, 2.75) is 59.4 Å². The van der Waals surface area contributed by atoms with Crippen LogP contribution in [0.5, 0.6) is 0 Å². The third-order valence-electron chi connectivity index (χ3n) is 2.72. The van der Waals surface area contributed by atoms with E-state index >= 15 is 0 Å². The van der Waals surface area contributed by atoms with E-state index in [1.807, 2.05) is 0 Å². The summed E-state index contributed by atoms with van der Waals surface area (Å²) in [5.41, 5.74) is 6.01. The lowest BCUT2D eigenvalue weighted by Gasteiger charge is -2.21. The van der Waals surface area contributed by atoms with Gasteiger partial charge in [-0.3, -0.25) is 0 Å². The van der Waals surface area contributed by atoms with Crippen LogP contribution >= 0.6 is 0 Å². The van der Waals surface area contributed by atoms with E-state index in [4.69, 9.17) is 5.73 Å². The first-order valence-corrected chi connectivity index (χ1v) is 5.37. The molecule has 0 radical (unpaired) electrons. The van der Waals surface area contributed by atoms with E-state index < -0.39 is 0 Å². The van der Waals surface area contributed by atoms with Crippen molar-refractivity contribution in [1.29, 1.82) is 0 Å². The van der Waals surface area contributed by atoms with Gasteiger partial charge in [-0.2, -0.15) is 0 Å². The van der Waals surface area contributed by atoms with Gasteiger partial charge in [-0.15, -0.1) is 0 Å². The van der Waals surface area contributed by atoms with Crippen molar-refractivity contribution in [3.63, 3.8) is 0 Å². The molecule has 0 rings (SSSR count). The van der Waals surface area contributed by atoms with Crippen molar-refractivity contribution in [1.82, 2.24) is 0 Å². The SMILES string of the molecule is CCC(N)C(CC)CCC(C)C. The molecule has 0 aliphatic rings. The maximum Gasteiger partial charge on any atom is 0.00644 e. The standard InChI is InChI=1S/C11H25N/c1-5-10(11(12)6-2)8-7-9(3)4/h9-11H,5-8,12H2,1-4H3. The van der Waals surface area contributed by atoms with E-state index in [0.29, 0.717) is 6.04 Å². The van der Waals surface area contributed by atoms with Gasteiger partial charge < -0.3 is 5.73 Å². The largest absolute Gasteiger partial charge is 0.327 e. The van der Waals surface area contributed by atoms with Crippen LogP contribution in [0.2, 0.25) is 0 Å². The molecule has 0 saturated heterocycles. The van der Waals surface area contributed by atoms with Gasteiger partial charge in [-0.1, -0.05) is 40.5 Å². The maximum absolute atomic E-state index is 6.01. The van der Waals surface area contributed by atoms with Crippen LogP contribution in [-0.4, -0.2) is 6.04 Å². The Hall–Kier alpha value is -0.0400. The van der Waals surface area contributed by atoms with E-state index in [1.165, 1.54) is 19.3 Å². The van der Waals surface area contributed by atoms with Crippen molar-refractivity contribution in [3.8, 4) is 0 Å². The van der Waals surface area contributed by atoms with Crippen LogP contribution in [0.15, 0.2) is 0 Å². The predicted molar refractivity (Wildman–Crippen MR) is 56.1 cm³/mol. The highest BCUT2D eigenvalue weighted by molar-refractivity contribution is 4.70. The van der Waals surface area contributed by atoms with Gasteiger partial charge in [-0.05, 0) is 24.7 Å². The minimum atomic E-state index is 0.425. The van der Waals surface area contributed by atoms with Crippen molar-refractivity contribution in [2.75, 3.05) is 0 Å². The van der Waals surface area contributed by atoms with Gasteiger partial charge in [0.1, 0.15) is 0 Å². The van der Waals surface area contributed by atoms with Crippen molar-refractivity contribution in [3.05, 3.63) is 0 Å². The fourth-order valence-electron chi connectivity index (χ4n) is 1.60. The minimum absolute atomic E-state index is 0.425. The van der Waals surface area contributed by atoms with E-state index in [-0.39, 0.29) is 0 Å². The van der Waals surface area contributed by atoms with Crippen LogP contribution in [0.1, 0.15) is 53.4 Å². The monoisotopic (exact) mass is 171 g/mol. The molecule has 0 aromatic rings. The zero-order valence-electron chi connectivity index (χ0n) is 9.14. The fraction of sp³-hybridized carbons (Fsp3) is 1.00. The topological polar surface area (TPSA) is 26.0 Å². The molecule has 0 heterocycles. The lowest BCUT2D eigenvalue weighted by atomic mass is 9.89. The normalized spacial score (nSPS) is 16.5. The first-order chi connectivity index (χ1) is 5.61. The van der Waals surface area contributed by atoms with Gasteiger partial charge in [0.05, 0.1) is 0 Å². The second kappa shape index (κ2) is 6.47.